The van der Waals surface area contributed by atoms with Gasteiger partial charge in [0.05, 0.1) is 6.42 Å². The van der Waals surface area contributed by atoms with Gasteiger partial charge in [-0.15, -0.1) is 0 Å². The first-order valence-corrected chi connectivity index (χ1v) is 7.07. The molecule has 1 aromatic carbocycles. The van der Waals surface area contributed by atoms with Crippen LogP contribution in [0.1, 0.15) is 24.8 Å². The monoisotopic (exact) mass is 282 g/mol. The van der Waals surface area contributed by atoms with Crippen LogP contribution in [0.3, 0.4) is 0 Å². The van der Waals surface area contributed by atoms with Gasteiger partial charge in [-0.2, -0.15) is 0 Å². The Morgan fingerprint density at radius 2 is 2.25 bits per heavy atom. The first-order valence-electron chi connectivity index (χ1n) is 7.07. The van der Waals surface area contributed by atoms with Crippen molar-refractivity contribution in [3.63, 3.8) is 0 Å². The third-order valence-electron chi connectivity index (χ3n) is 3.66. The van der Waals surface area contributed by atoms with Crippen molar-refractivity contribution in [2.45, 2.75) is 25.7 Å². The van der Waals surface area contributed by atoms with Crippen LogP contribution < -0.4 is 10.6 Å². The fraction of sp³-hybridized carbons (Fsp3) is 0.533. The van der Waals surface area contributed by atoms with Gasteiger partial charge in [0, 0.05) is 12.1 Å². The van der Waals surface area contributed by atoms with E-state index in [1.165, 1.54) is 25.0 Å². The average molecular weight is 282 g/mol. The van der Waals surface area contributed by atoms with Crippen LogP contribution in [-0.2, 0) is 11.2 Å². The number of carbonyl (C=O) groups is 1. The smallest absolute Gasteiger partial charge is 0.224 e. The molecular weight excluding hydrogens is 262 g/mol. The first kappa shape index (κ1) is 14.9. The lowest BCUT2D eigenvalue weighted by Gasteiger charge is -2.22. The SMILES string of the molecule is O=C(Cc1cccc(F)c1F)NCCC1CCCNC1. The summed E-state index contributed by atoms with van der Waals surface area (Å²) < 4.78 is 26.4. The maximum Gasteiger partial charge on any atom is 0.224 e. The standard InChI is InChI=1S/C15H20F2N2O/c16-13-5-1-4-12(15(13)17)9-14(20)19-8-6-11-3-2-7-18-10-11/h1,4-5,11,18H,2-3,6-10H2,(H,19,20). The average Bonchev–Trinajstić information content (AvgIpc) is 2.45. The molecule has 1 aliphatic rings. The van der Waals surface area contributed by atoms with Crippen molar-refractivity contribution < 1.29 is 13.6 Å². The quantitative estimate of drug-likeness (QED) is 0.867. The van der Waals surface area contributed by atoms with Crippen LogP contribution in [0.15, 0.2) is 18.2 Å². The zero-order chi connectivity index (χ0) is 14.4. The fourth-order valence-electron chi connectivity index (χ4n) is 2.51. The molecule has 1 aromatic rings. The lowest BCUT2D eigenvalue weighted by Crippen LogP contribution is -2.33. The molecule has 0 aliphatic carbocycles. The van der Waals surface area contributed by atoms with E-state index in [-0.39, 0.29) is 17.9 Å². The molecule has 1 aliphatic heterocycles. The minimum Gasteiger partial charge on any atom is -0.356 e. The minimum absolute atomic E-state index is 0.0989. The molecule has 1 atom stereocenters. The van der Waals surface area contributed by atoms with Gasteiger partial charge in [0.15, 0.2) is 11.6 Å². The summed E-state index contributed by atoms with van der Waals surface area (Å²) in [5.41, 5.74) is 0.0989. The Morgan fingerprint density at radius 1 is 1.40 bits per heavy atom. The zero-order valence-electron chi connectivity index (χ0n) is 11.4. The van der Waals surface area contributed by atoms with Gasteiger partial charge in [-0.05, 0) is 44.3 Å². The van der Waals surface area contributed by atoms with Crippen molar-refractivity contribution in [3.05, 3.63) is 35.4 Å². The predicted octanol–water partition coefficient (Wildman–Crippen LogP) is 2.01. The Balaban J connectivity index is 1.73. The summed E-state index contributed by atoms with van der Waals surface area (Å²) in [6, 6.07) is 3.89. The normalized spacial score (nSPS) is 18.8. The second-order valence-electron chi connectivity index (χ2n) is 5.24. The summed E-state index contributed by atoms with van der Waals surface area (Å²) in [6.07, 6.45) is 3.16. The number of carbonyl (C=O) groups excluding carboxylic acids is 1. The van der Waals surface area contributed by atoms with Crippen molar-refractivity contribution in [2.24, 2.45) is 5.92 Å². The summed E-state index contributed by atoms with van der Waals surface area (Å²) >= 11 is 0. The Hall–Kier alpha value is -1.49. The molecule has 1 amide bonds. The Bertz CT molecular complexity index is 459. The highest BCUT2D eigenvalue weighted by Crippen LogP contribution is 2.14. The second kappa shape index (κ2) is 7.33. The van der Waals surface area contributed by atoms with Crippen LogP contribution in [0.4, 0.5) is 8.78 Å². The molecule has 0 saturated carbocycles. The van der Waals surface area contributed by atoms with E-state index in [1.54, 1.807) is 0 Å². The highest BCUT2D eigenvalue weighted by molar-refractivity contribution is 5.78. The lowest BCUT2D eigenvalue weighted by molar-refractivity contribution is -0.120. The minimum atomic E-state index is -0.931. The number of piperidine rings is 1. The van der Waals surface area contributed by atoms with Gasteiger partial charge in [-0.3, -0.25) is 4.79 Å². The molecule has 2 rings (SSSR count). The van der Waals surface area contributed by atoms with Gasteiger partial charge in [0.1, 0.15) is 0 Å². The topological polar surface area (TPSA) is 41.1 Å². The number of amides is 1. The molecule has 5 heteroatoms. The molecular formula is C15H20F2N2O. The highest BCUT2D eigenvalue weighted by atomic mass is 19.2. The Kier molecular flexibility index (Phi) is 5.47. The summed E-state index contributed by atoms with van der Waals surface area (Å²) in [5.74, 6) is -1.52. The molecule has 3 nitrogen and oxygen atoms in total. The summed E-state index contributed by atoms with van der Waals surface area (Å²) in [5, 5.41) is 6.09. The summed E-state index contributed by atoms with van der Waals surface area (Å²) in [6.45, 7) is 2.65. The van der Waals surface area contributed by atoms with E-state index < -0.39 is 11.6 Å². The predicted molar refractivity (Wildman–Crippen MR) is 73.3 cm³/mol. The van der Waals surface area contributed by atoms with E-state index >= 15 is 0 Å². The van der Waals surface area contributed by atoms with Crippen LogP contribution in [0.2, 0.25) is 0 Å². The molecule has 0 bridgehead atoms. The van der Waals surface area contributed by atoms with Gasteiger partial charge in [-0.25, -0.2) is 8.78 Å². The first-order chi connectivity index (χ1) is 9.66. The van der Waals surface area contributed by atoms with Crippen molar-refractivity contribution in [1.82, 2.24) is 10.6 Å². The number of hydrogen-bond acceptors (Lipinski definition) is 2. The van der Waals surface area contributed by atoms with E-state index in [9.17, 15) is 13.6 Å². The van der Waals surface area contributed by atoms with Crippen molar-refractivity contribution in [3.8, 4) is 0 Å². The molecule has 0 radical (unpaired) electrons. The van der Waals surface area contributed by atoms with E-state index in [0.717, 1.165) is 25.6 Å². The maximum absolute atomic E-state index is 13.4. The Labute approximate surface area is 117 Å². The summed E-state index contributed by atoms with van der Waals surface area (Å²) in [7, 11) is 0. The number of hydrogen-bond donors (Lipinski definition) is 2. The van der Waals surface area contributed by atoms with E-state index in [1.807, 2.05) is 0 Å². The van der Waals surface area contributed by atoms with E-state index in [4.69, 9.17) is 0 Å². The highest BCUT2D eigenvalue weighted by Gasteiger charge is 2.14. The lowest BCUT2D eigenvalue weighted by atomic mass is 9.96. The molecule has 0 spiro atoms. The van der Waals surface area contributed by atoms with Gasteiger partial charge < -0.3 is 10.6 Å². The van der Waals surface area contributed by atoms with Crippen LogP contribution in [0.5, 0.6) is 0 Å². The largest absolute Gasteiger partial charge is 0.356 e. The number of rotatable bonds is 5. The zero-order valence-corrected chi connectivity index (χ0v) is 11.4. The maximum atomic E-state index is 13.4. The third kappa shape index (κ3) is 4.27. The number of halogens is 2. The molecule has 1 unspecified atom stereocenters. The molecule has 20 heavy (non-hydrogen) atoms. The number of nitrogens with one attached hydrogen (secondary N) is 2. The third-order valence-corrected chi connectivity index (χ3v) is 3.66. The molecule has 110 valence electrons. The summed E-state index contributed by atoms with van der Waals surface area (Å²) in [4.78, 5) is 11.7. The van der Waals surface area contributed by atoms with Crippen molar-refractivity contribution in [1.29, 1.82) is 0 Å². The van der Waals surface area contributed by atoms with Gasteiger partial charge in [-0.1, -0.05) is 12.1 Å². The van der Waals surface area contributed by atoms with Crippen molar-refractivity contribution >= 4 is 5.91 Å². The van der Waals surface area contributed by atoms with Gasteiger partial charge in [0.2, 0.25) is 5.91 Å². The van der Waals surface area contributed by atoms with Crippen LogP contribution in [-0.4, -0.2) is 25.5 Å². The molecule has 1 fully saturated rings. The van der Waals surface area contributed by atoms with Crippen LogP contribution in [0, 0.1) is 17.6 Å². The second-order valence-corrected chi connectivity index (χ2v) is 5.24. The van der Waals surface area contributed by atoms with E-state index in [2.05, 4.69) is 10.6 Å². The number of benzene rings is 1. The molecule has 1 heterocycles. The van der Waals surface area contributed by atoms with Crippen molar-refractivity contribution in [2.75, 3.05) is 19.6 Å². The fourth-order valence-corrected chi connectivity index (χ4v) is 2.51. The Morgan fingerprint density at radius 3 is 3.00 bits per heavy atom. The van der Waals surface area contributed by atoms with E-state index in [0.29, 0.717) is 12.5 Å². The van der Waals surface area contributed by atoms with Gasteiger partial charge >= 0.3 is 0 Å². The van der Waals surface area contributed by atoms with Crippen LogP contribution >= 0.6 is 0 Å². The van der Waals surface area contributed by atoms with Crippen LogP contribution in [0.25, 0.3) is 0 Å². The molecule has 1 saturated heterocycles. The molecule has 2 N–H and O–H groups in total. The van der Waals surface area contributed by atoms with Gasteiger partial charge in [0.25, 0.3) is 0 Å². The molecule has 0 aromatic heterocycles.